The van der Waals surface area contributed by atoms with E-state index >= 15 is 0 Å². The summed E-state index contributed by atoms with van der Waals surface area (Å²) in [6, 6.07) is 2.39. The van der Waals surface area contributed by atoms with Gasteiger partial charge < -0.3 is 10.2 Å². The van der Waals surface area contributed by atoms with Gasteiger partial charge in [-0.1, -0.05) is 58.3 Å². The van der Waals surface area contributed by atoms with Gasteiger partial charge in [0.1, 0.15) is 0 Å². The van der Waals surface area contributed by atoms with E-state index in [9.17, 15) is 19.8 Å². The van der Waals surface area contributed by atoms with Crippen molar-refractivity contribution in [1.29, 1.82) is 0 Å². The highest BCUT2D eigenvalue weighted by atomic mass is 16.3. The minimum atomic E-state index is -0.708. The Bertz CT molecular complexity index is 593. The molecule has 0 aliphatic carbocycles. The van der Waals surface area contributed by atoms with E-state index in [1.807, 2.05) is 0 Å². The van der Waals surface area contributed by atoms with Crippen molar-refractivity contribution in [2.75, 3.05) is 0 Å². The molecule has 0 spiro atoms. The predicted molar refractivity (Wildman–Crippen MR) is 97.0 cm³/mol. The smallest absolute Gasteiger partial charge is 0.224 e. The summed E-state index contributed by atoms with van der Waals surface area (Å²) in [4.78, 5) is 23.8. The Kier molecular flexibility index (Phi) is 9.13. The van der Waals surface area contributed by atoms with E-state index in [0.717, 1.165) is 19.3 Å². The normalized spacial score (nSPS) is 10.8. The lowest BCUT2D eigenvalue weighted by molar-refractivity contribution is 0.0978. The van der Waals surface area contributed by atoms with E-state index < -0.39 is 16.9 Å². The molecule has 0 heterocycles. The highest BCUT2D eigenvalue weighted by Crippen LogP contribution is 2.23. The van der Waals surface area contributed by atoms with E-state index in [1.165, 1.54) is 50.7 Å². The van der Waals surface area contributed by atoms with Crippen LogP contribution < -0.4 is 5.43 Å². The summed E-state index contributed by atoms with van der Waals surface area (Å²) < 4.78 is 0. The van der Waals surface area contributed by atoms with Crippen LogP contribution in [0.4, 0.5) is 0 Å². The molecule has 0 aliphatic rings. The number of hydrogen-bond acceptors (Lipinski definition) is 4. The molecule has 0 aromatic heterocycles. The fourth-order valence-electron chi connectivity index (χ4n) is 2.82. The molecule has 0 aliphatic heterocycles. The average molecular weight is 334 g/mol. The van der Waals surface area contributed by atoms with E-state index in [2.05, 4.69) is 6.92 Å². The molecule has 0 saturated heterocycles. The second-order valence-electron chi connectivity index (χ2n) is 6.49. The number of hydrogen-bond donors (Lipinski definition) is 2. The lowest BCUT2D eigenvalue weighted by atomic mass is 10.0. The third-order valence-electron chi connectivity index (χ3n) is 4.34. The lowest BCUT2D eigenvalue weighted by Gasteiger charge is -2.03. The Morgan fingerprint density at radius 1 is 0.917 bits per heavy atom. The Morgan fingerprint density at radius 3 is 2.04 bits per heavy atom. The highest BCUT2D eigenvalue weighted by Gasteiger charge is 2.12. The zero-order valence-corrected chi connectivity index (χ0v) is 14.9. The summed E-state index contributed by atoms with van der Waals surface area (Å²) in [6.07, 6.45) is 11.0. The van der Waals surface area contributed by atoms with E-state index in [0.29, 0.717) is 17.5 Å². The molecule has 24 heavy (non-hydrogen) atoms. The van der Waals surface area contributed by atoms with Gasteiger partial charge in [0.25, 0.3) is 0 Å². The van der Waals surface area contributed by atoms with Crippen LogP contribution in [0, 0.1) is 6.92 Å². The summed E-state index contributed by atoms with van der Waals surface area (Å²) in [6.45, 7) is 3.86. The van der Waals surface area contributed by atoms with Gasteiger partial charge in [-0.3, -0.25) is 9.59 Å². The summed E-state index contributed by atoms with van der Waals surface area (Å²) >= 11 is 0. The molecule has 0 radical (unpaired) electrons. The maximum absolute atomic E-state index is 12.3. The summed E-state index contributed by atoms with van der Waals surface area (Å²) in [5, 5.41) is 19.1. The zero-order valence-electron chi connectivity index (χ0n) is 14.9. The summed E-state index contributed by atoms with van der Waals surface area (Å²) in [5.41, 5.74) is 0.119. The van der Waals surface area contributed by atoms with Gasteiger partial charge in [0.2, 0.25) is 11.2 Å². The standard InChI is InChI=1S/C20H30O4/c1-3-4-5-6-7-8-9-10-11-12-17(21)16-14-19(23)20(24)18(22)13-15(16)2/h13-14H,3-12H2,1-2H3,(H2,22,23,24). The first-order valence-corrected chi connectivity index (χ1v) is 9.07. The second kappa shape index (κ2) is 10.8. The minimum absolute atomic E-state index is 0.0965. The van der Waals surface area contributed by atoms with Gasteiger partial charge in [-0.05, 0) is 31.0 Å². The van der Waals surface area contributed by atoms with E-state index in [4.69, 9.17) is 0 Å². The SMILES string of the molecule is CCCCCCCCCCCC(=O)c1cc(O)c(O)c(=O)cc1C. The van der Waals surface area contributed by atoms with Crippen LogP contribution in [0.25, 0.3) is 0 Å². The van der Waals surface area contributed by atoms with Crippen LogP contribution in [0.5, 0.6) is 11.5 Å². The van der Waals surface area contributed by atoms with Crippen molar-refractivity contribution < 1.29 is 15.0 Å². The molecule has 0 atom stereocenters. The van der Waals surface area contributed by atoms with Crippen molar-refractivity contribution in [3.63, 3.8) is 0 Å². The molecule has 1 aromatic rings. The van der Waals surface area contributed by atoms with Crippen LogP contribution in [-0.4, -0.2) is 16.0 Å². The van der Waals surface area contributed by atoms with E-state index in [1.54, 1.807) is 6.92 Å². The van der Waals surface area contributed by atoms with Gasteiger partial charge in [0, 0.05) is 12.0 Å². The van der Waals surface area contributed by atoms with Crippen LogP contribution in [0.15, 0.2) is 16.9 Å². The molecule has 0 unspecified atom stereocenters. The van der Waals surface area contributed by atoms with Gasteiger partial charge in [-0.2, -0.15) is 0 Å². The van der Waals surface area contributed by atoms with Gasteiger partial charge in [-0.15, -0.1) is 0 Å². The van der Waals surface area contributed by atoms with Gasteiger partial charge >= 0.3 is 0 Å². The number of ketones is 1. The summed E-state index contributed by atoms with van der Waals surface area (Å²) in [5.74, 6) is -1.34. The topological polar surface area (TPSA) is 74.6 Å². The Labute approximate surface area is 144 Å². The van der Waals surface area contributed by atoms with Crippen LogP contribution in [0.1, 0.15) is 87.1 Å². The molecular weight excluding hydrogens is 304 g/mol. The third kappa shape index (κ3) is 6.73. The van der Waals surface area contributed by atoms with Gasteiger partial charge in [0.15, 0.2) is 11.5 Å². The lowest BCUT2D eigenvalue weighted by Crippen LogP contribution is -2.01. The first-order valence-electron chi connectivity index (χ1n) is 9.07. The Hall–Kier alpha value is -1.84. The highest BCUT2D eigenvalue weighted by molar-refractivity contribution is 5.97. The molecule has 1 rings (SSSR count). The molecule has 4 nitrogen and oxygen atoms in total. The molecule has 0 amide bonds. The Balaban J connectivity index is 2.40. The van der Waals surface area contributed by atoms with Gasteiger partial charge in [0.05, 0.1) is 0 Å². The fraction of sp³-hybridized carbons (Fsp3) is 0.600. The summed E-state index contributed by atoms with van der Waals surface area (Å²) in [7, 11) is 0. The maximum Gasteiger partial charge on any atom is 0.224 e. The molecule has 0 saturated carbocycles. The van der Waals surface area contributed by atoms with Crippen molar-refractivity contribution in [3.05, 3.63) is 33.5 Å². The van der Waals surface area contributed by atoms with Crippen LogP contribution in [-0.2, 0) is 0 Å². The first-order chi connectivity index (χ1) is 11.5. The van der Waals surface area contributed by atoms with Crippen molar-refractivity contribution in [3.8, 4) is 11.5 Å². The Morgan fingerprint density at radius 2 is 1.46 bits per heavy atom. The predicted octanol–water partition coefficient (Wildman–Crippen LogP) is 4.87. The monoisotopic (exact) mass is 334 g/mol. The minimum Gasteiger partial charge on any atom is -0.504 e. The number of carbonyl (C=O) groups is 1. The average Bonchev–Trinajstić information content (AvgIpc) is 2.65. The van der Waals surface area contributed by atoms with Crippen molar-refractivity contribution in [1.82, 2.24) is 0 Å². The van der Waals surface area contributed by atoms with Crippen molar-refractivity contribution >= 4 is 5.78 Å². The maximum atomic E-state index is 12.3. The van der Waals surface area contributed by atoms with Crippen LogP contribution in [0.3, 0.4) is 0 Å². The number of Topliss-reactive ketones (excluding diaryl/α,β-unsaturated/α-hetero) is 1. The fourth-order valence-corrected chi connectivity index (χ4v) is 2.82. The zero-order chi connectivity index (χ0) is 17.9. The number of aromatic hydroxyl groups is 2. The van der Waals surface area contributed by atoms with Crippen molar-refractivity contribution in [2.24, 2.45) is 0 Å². The van der Waals surface area contributed by atoms with Gasteiger partial charge in [-0.25, -0.2) is 0 Å². The molecular formula is C20H30O4. The number of unbranched alkanes of at least 4 members (excludes halogenated alkanes) is 8. The molecule has 1 aromatic carbocycles. The number of rotatable bonds is 11. The second-order valence-corrected chi connectivity index (χ2v) is 6.49. The van der Waals surface area contributed by atoms with Crippen LogP contribution >= 0.6 is 0 Å². The largest absolute Gasteiger partial charge is 0.504 e. The molecule has 4 heteroatoms. The number of aryl methyl sites for hydroxylation is 1. The molecule has 134 valence electrons. The van der Waals surface area contributed by atoms with Crippen LogP contribution in [0.2, 0.25) is 0 Å². The molecule has 0 bridgehead atoms. The number of carbonyl (C=O) groups excluding carboxylic acids is 1. The molecule has 2 N–H and O–H groups in total. The first kappa shape index (κ1) is 20.2. The van der Waals surface area contributed by atoms with E-state index in [-0.39, 0.29) is 5.78 Å². The quantitative estimate of drug-likeness (QED) is 0.447. The third-order valence-corrected chi connectivity index (χ3v) is 4.34. The van der Waals surface area contributed by atoms with Crippen molar-refractivity contribution in [2.45, 2.75) is 78.1 Å². The molecule has 0 fully saturated rings.